The van der Waals surface area contributed by atoms with E-state index in [4.69, 9.17) is 0 Å². The summed E-state index contributed by atoms with van der Waals surface area (Å²) in [5.41, 5.74) is 6.96. The van der Waals surface area contributed by atoms with Crippen molar-refractivity contribution >= 4 is 11.6 Å². The number of hydrazone groups is 1. The monoisotopic (exact) mass is 382 g/mol. The van der Waals surface area contributed by atoms with Gasteiger partial charge in [0.2, 0.25) is 5.91 Å². The van der Waals surface area contributed by atoms with Crippen LogP contribution in [0.4, 0.5) is 0 Å². The van der Waals surface area contributed by atoms with Crippen LogP contribution in [0.2, 0.25) is 0 Å². The lowest BCUT2D eigenvalue weighted by molar-refractivity contribution is -0.122. The molecule has 1 N–H and O–H groups in total. The first kappa shape index (κ1) is 19.1. The Labute approximate surface area is 172 Å². The zero-order valence-corrected chi connectivity index (χ0v) is 16.7. The summed E-state index contributed by atoms with van der Waals surface area (Å²) in [6, 6.07) is 30.7. The molecule has 146 valence electrons. The van der Waals surface area contributed by atoms with Crippen molar-refractivity contribution in [2.45, 2.75) is 31.6 Å². The van der Waals surface area contributed by atoms with Crippen molar-refractivity contribution in [2.75, 3.05) is 0 Å². The summed E-state index contributed by atoms with van der Waals surface area (Å²) in [6.45, 7) is 2.12. The lowest BCUT2D eigenvalue weighted by Crippen LogP contribution is -2.26. The van der Waals surface area contributed by atoms with Crippen LogP contribution >= 0.6 is 0 Å². The summed E-state index contributed by atoms with van der Waals surface area (Å²) in [5, 5.41) is 4.51. The van der Waals surface area contributed by atoms with E-state index in [0.29, 0.717) is 0 Å². The van der Waals surface area contributed by atoms with E-state index in [-0.39, 0.29) is 17.2 Å². The minimum atomic E-state index is -0.264. The number of carbonyl (C=O) groups excluding carboxylic acids is 1. The molecule has 0 saturated heterocycles. The van der Waals surface area contributed by atoms with E-state index < -0.39 is 0 Å². The highest BCUT2D eigenvalue weighted by molar-refractivity contribution is 6.01. The first-order chi connectivity index (χ1) is 14.3. The Bertz CT molecular complexity index is 941. The van der Waals surface area contributed by atoms with Crippen LogP contribution in [0, 0.1) is 5.92 Å². The van der Waals surface area contributed by atoms with Gasteiger partial charge in [-0.2, -0.15) is 5.10 Å². The number of carbonyl (C=O) groups is 1. The van der Waals surface area contributed by atoms with Gasteiger partial charge in [0, 0.05) is 5.41 Å². The summed E-state index contributed by atoms with van der Waals surface area (Å²) in [7, 11) is 0. The Morgan fingerprint density at radius 3 is 1.93 bits per heavy atom. The van der Waals surface area contributed by atoms with Crippen LogP contribution in [0.5, 0.6) is 0 Å². The van der Waals surface area contributed by atoms with Crippen molar-refractivity contribution < 1.29 is 4.79 Å². The van der Waals surface area contributed by atoms with E-state index in [9.17, 15) is 4.79 Å². The van der Waals surface area contributed by atoms with Crippen LogP contribution in [0.3, 0.4) is 0 Å². The molecule has 29 heavy (non-hydrogen) atoms. The molecule has 3 aromatic rings. The molecule has 0 radical (unpaired) electrons. The van der Waals surface area contributed by atoms with Crippen LogP contribution < -0.4 is 5.43 Å². The minimum absolute atomic E-state index is 0.0118. The molecule has 1 saturated carbocycles. The second-order valence-electron chi connectivity index (χ2n) is 7.61. The number of benzene rings is 3. The number of nitrogens with zero attached hydrogens (tertiary/aromatic N) is 1. The maximum absolute atomic E-state index is 13.1. The molecule has 1 amide bonds. The van der Waals surface area contributed by atoms with Crippen LogP contribution in [0.25, 0.3) is 0 Å². The van der Waals surface area contributed by atoms with E-state index >= 15 is 0 Å². The first-order valence-electron chi connectivity index (χ1n) is 10.3. The second-order valence-corrected chi connectivity index (χ2v) is 7.61. The first-order valence-corrected chi connectivity index (χ1v) is 10.3. The fourth-order valence-electron chi connectivity index (χ4n) is 4.19. The topological polar surface area (TPSA) is 41.5 Å². The average Bonchev–Trinajstić information content (AvgIpc) is 3.55. The Kier molecular flexibility index (Phi) is 5.57. The zero-order valence-electron chi connectivity index (χ0n) is 16.7. The molecule has 4 rings (SSSR count). The summed E-state index contributed by atoms with van der Waals surface area (Å²) in [4.78, 5) is 13.1. The smallest absolute Gasteiger partial charge is 0.244 e. The van der Waals surface area contributed by atoms with E-state index in [1.165, 1.54) is 11.1 Å². The van der Waals surface area contributed by atoms with Gasteiger partial charge in [0.1, 0.15) is 0 Å². The predicted octanol–water partition coefficient (Wildman–Crippen LogP) is 5.31. The molecule has 0 bridgehead atoms. The Morgan fingerprint density at radius 2 is 1.41 bits per heavy atom. The van der Waals surface area contributed by atoms with E-state index in [2.05, 4.69) is 41.7 Å². The van der Waals surface area contributed by atoms with Gasteiger partial charge in [-0.3, -0.25) is 4.79 Å². The molecule has 3 nitrogen and oxygen atoms in total. The zero-order chi connectivity index (χ0) is 20.1. The molecule has 3 aromatic carbocycles. The van der Waals surface area contributed by atoms with Gasteiger partial charge >= 0.3 is 0 Å². The van der Waals surface area contributed by atoms with Crippen LogP contribution in [-0.4, -0.2) is 11.6 Å². The summed E-state index contributed by atoms with van der Waals surface area (Å²) < 4.78 is 0. The maximum Gasteiger partial charge on any atom is 0.244 e. The van der Waals surface area contributed by atoms with Gasteiger partial charge in [-0.15, -0.1) is 0 Å². The van der Waals surface area contributed by atoms with E-state index in [1.807, 2.05) is 66.7 Å². The quantitative estimate of drug-likeness (QED) is 0.436. The number of hydrogen-bond acceptors (Lipinski definition) is 2. The van der Waals surface area contributed by atoms with E-state index in [1.54, 1.807) is 0 Å². The summed E-state index contributed by atoms with van der Waals surface area (Å²) in [6.07, 6.45) is 2.61. The van der Waals surface area contributed by atoms with Gasteiger partial charge in [-0.25, -0.2) is 5.43 Å². The van der Waals surface area contributed by atoms with Crippen LogP contribution in [0.1, 0.15) is 42.9 Å². The van der Waals surface area contributed by atoms with Gasteiger partial charge in [-0.1, -0.05) is 104 Å². The highest BCUT2D eigenvalue weighted by atomic mass is 16.2. The van der Waals surface area contributed by atoms with Crippen LogP contribution in [0.15, 0.2) is 96.1 Å². The summed E-state index contributed by atoms with van der Waals surface area (Å²) >= 11 is 0. The number of nitrogens with one attached hydrogen (secondary N) is 1. The standard InChI is InChI=1S/C26H26N2O/c1-2-12-24(20-13-6-3-7-14-20)27-28-25(29)23-19-26(23,21-15-8-4-9-16-21)22-17-10-5-11-18-22/h3-11,13-18,23H,2,12,19H2,1H3,(H,28,29)/b27-24-/t23-/m0/s1. The third kappa shape index (κ3) is 3.86. The maximum atomic E-state index is 13.1. The van der Waals surface area contributed by atoms with Gasteiger partial charge < -0.3 is 0 Å². The van der Waals surface area contributed by atoms with Crippen LogP contribution in [-0.2, 0) is 10.2 Å². The van der Waals surface area contributed by atoms with E-state index in [0.717, 1.165) is 30.5 Å². The Balaban J connectivity index is 1.59. The number of amides is 1. The molecule has 3 heteroatoms. The Hall–Kier alpha value is -3.20. The predicted molar refractivity (Wildman–Crippen MR) is 118 cm³/mol. The van der Waals surface area contributed by atoms with Gasteiger partial charge in [-0.05, 0) is 29.5 Å². The minimum Gasteiger partial charge on any atom is -0.273 e. The van der Waals surface area contributed by atoms with Crippen molar-refractivity contribution in [3.63, 3.8) is 0 Å². The third-order valence-corrected chi connectivity index (χ3v) is 5.75. The van der Waals surface area contributed by atoms with Crippen molar-refractivity contribution in [2.24, 2.45) is 11.0 Å². The molecular formula is C26H26N2O. The summed E-state index contributed by atoms with van der Waals surface area (Å²) in [5.74, 6) is -0.128. The lowest BCUT2D eigenvalue weighted by Gasteiger charge is -2.18. The molecule has 1 aliphatic rings. The highest BCUT2D eigenvalue weighted by Crippen LogP contribution is 2.58. The van der Waals surface area contributed by atoms with Crippen molar-refractivity contribution in [1.82, 2.24) is 5.43 Å². The van der Waals surface area contributed by atoms with Crippen molar-refractivity contribution in [1.29, 1.82) is 0 Å². The molecule has 0 unspecified atom stereocenters. The highest BCUT2D eigenvalue weighted by Gasteiger charge is 2.60. The lowest BCUT2D eigenvalue weighted by atomic mass is 9.85. The fourth-order valence-corrected chi connectivity index (χ4v) is 4.19. The SMILES string of the molecule is CCC/C(=N/NC(=O)[C@@H]1CC1(c1ccccc1)c1ccccc1)c1ccccc1. The normalized spacial score (nSPS) is 17.6. The largest absolute Gasteiger partial charge is 0.273 e. The van der Waals surface area contributed by atoms with Gasteiger partial charge in [0.25, 0.3) is 0 Å². The number of hydrogen-bond donors (Lipinski definition) is 1. The number of rotatable bonds is 7. The van der Waals surface area contributed by atoms with Crippen molar-refractivity contribution in [3.8, 4) is 0 Å². The second kappa shape index (κ2) is 8.44. The van der Waals surface area contributed by atoms with Crippen molar-refractivity contribution in [3.05, 3.63) is 108 Å². The molecule has 0 heterocycles. The molecule has 0 spiro atoms. The molecule has 1 aliphatic carbocycles. The van der Waals surface area contributed by atoms with Gasteiger partial charge in [0.15, 0.2) is 0 Å². The average molecular weight is 383 g/mol. The molecule has 1 fully saturated rings. The molecule has 0 aliphatic heterocycles. The third-order valence-electron chi connectivity index (χ3n) is 5.75. The molecule has 0 aromatic heterocycles. The fraction of sp³-hybridized carbons (Fsp3) is 0.231. The van der Waals surface area contributed by atoms with Gasteiger partial charge in [0.05, 0.1) is 11.6 Å². The molecule has 1 atom stereocenters. The Morgan fingerprint density at radius 1 is 0.897 bits per heavy atom. The molecular weight excluding hydrogens is 356 g/mol.